The molecule has 2 amide bonds. The molecule has 19 heavy (non-hydrogen) atoms. The van der Waals surface area contributed by atoms with Crippen LogP contribution in [0.5, 0.6) is 0 Å². The SMILES string of the molecule is CC(C)c1ccc(N[C@@H]2CCC(=O)NC2=O)cc1Cl. The molecule has 1 saturated heterocycles. The number of carbonyl (C=O) groups is 2. The lowest BCUT2D eigenvalue weighted by molar-refractivity contribution is -0.133. The molecule has 2 N–H and O–H groups in total. The normalized spacial score (nSPS) is 19.5. The van der Waals surface area contributed by atoms with Crippen molar-refractivity contribution >= 4 is 29.1 Å². The molecule has 1 aliphatic rings. The van der Waals surface area contributed by atoms with Crippen molar-refractivity contribution in [2.75, 3.05) is 5.32 Å². The van der Waals surface area contributed by atoms with Gasteiger partial charge < -0.3 is 5.32 Å². The summed E-state index contributed by atoms with van der Waals surface area (Å²) in [7, 11) is 0. The molecule has 0 radical (unpaired) electrons. The Morgan fingerprint density at radius 2 is 2.11 bits per heavy atom. The fourth-order valence-corrected chi connectivity index (χ4v) is 2.52. The van der Waals surface area contributed by atoms with E-state index in [4.69, 9.17) is 11.6 Å². The highest BCUT2D eigenvalue weighted by Crippen LogP contribution is 2.27. The van der Waals surface area contributed by atoms with E-state index in [1.165, 1.54) is 0 Å². The molecular weight excluding hydrogens is 264 g/mol. The van der Waals surface area contributed by atoms with Crippen LogP contribution >= 0.6 is 11.6 Å². The monoisotopic (exact) mass is 280 g/mol. The maximum atomic E-state index is 11.6. The molecule has 5 heteroatoms. The Morgan fingerprint density at radius 3 is 2.68 bits per heavy atom. The fraction of sp³-hybridized carbons (Fsp3) is 0.429. The third-order valence-corrected chi connectivity index (χ3v) is 3.53. The van der Waals surface area contributed by atoms with Gasteiger partial charge in [-0.3, -0.25) is 14.9 Å². The van der Waals surface area contributed by atoms with Gasteiger partial charge in [0.2, 0.25) is 11.8 Å². The van der Waals surface area contributed by atoms with Crippen LogP contribution < -0.4 is 10.6 Å². The van der Waals surface area contributed by atoms with Crippen LogP contribution in [-0.4, -0.2) is 17.9 Å². The number of rotatable bonds is 3. The van der Waals surface area contributed by atoms with Crippen molar-refractivity contribution < 1.29 is 9.59 Å². The number of anilines is 1. The molecule has 0 aromatic heterocycles. The largest absolute Gasteiger partial charge is 0.374 e. The molecule has 2 rings (SSSR count). The predicted octanol–water partition coefficient (Wildman–Crippen LogP) is 2.68. The van der Waals surface area contributed by atoms with Crippen molar-refractivity contribution in [3.05, 3.63) is 28.8 Å². The highest BCUT2D eigenvalue weighted by Gasteiger charge is 2.26. The van der Waals surface area contributed by atoms with Gasteiger partial charge in [-0.15, -0.1) is 0 Å². The Morgan fingerprint density at radius 1 is 1.37 bits per heavy atom. The molecule has 0 saturated carbocycles. The molecule has 102 valence electrons. The first-order valence-corrected chi connectivity index (χ1v) is 6.75. The summed E-state index contributed by atoms with van der Waals surface area (Å²) in [5.41, 5.74) is 1.87. The number of amides is 2. The van der Waals surface area contributed by atoms with Crippen molar-refractivity contribution in [2.24, 2.45) is 0 Å². The summed E-state index contributed by atoms with van der Waals surface area (Å²) in [4.78, 5) is 22.7. The predicted molar refractivity (Wildman–Crippen MR) is 75.3 cm³/mol. The van der Waals surface area contributed by atoms with Crippen LogP contribution in [0.1, 0.15) is 38.2 Å². The molecule has 1 heterocycles. The Hall–Kier alpha value is -1.55. The van der Waals surface area contributed by atoms with E-state index >= 15 is 0 Å². The third kappa shape index (κ3) is 3.26. The van der Waals surface area contributed by atoms with E-state index in [2.05, 4.69) is 24.5 Å². The van der Waals surface area contributed by atoms with Crippen LogP contribution in [0.4, 0.5) is 5.69 Å². The van der Waals surface area contributed by atoms with Crippen molar-refractivity contribution in [3.8, 4) is 0 Å². The minimum atomic E-state index is -0.376. The van der Waals surface area contributed by atoms with E-state index < -0.39 is 0 Å². The molecule has 0 spiro atoms. The number of halogens is 1. The number of imide groups is 1. The zero-order chi connectivity index (χ0) is 14.0. The van der Waals surface area contributed by atoms with Gasteiger partial charge in [-0.05, 0) is 30.0 Å². The highest BCUT2D eigenvalue weighted by molar-refractivity contribution is 6.31. The number of piperidine rings is 1. The molecule has 0 aliphatic carbocycles. The van der Waals surface area contributed by atoms with E-state index in [1.807, 2.05) is 18.2 Å². The van der Waals surface area contributed by atoms with Gasteiger partial charge in [-0.2, -0.15) is 0 Å². The minimum absolute atomic E-state index is 0.212. The highest BCUT2D eigenvalue weighted by atomic mass is 35.5. The smallest absolute Gasteiger partial charge is 0.249 e. The summed E-state index contributed by atoms with van der Waals surface area (Å²) in [5, 5.41) is 6.12. The van der Waals surface area contributed by atoms with Gasteiger partial charge >= 0.3 is 0 Å². The summed E-state index contributed by atoms with van der Waals surface area (Å²) in [6.45, 7) is 4.16. The summed E-state index contributed by atoms with van der Waals surface area (Å²) in [5.74, 6) is -0.131. The van der Waals surface area contributed by atoms with Crippen molar-refractivity contribution in [3.63, 3.8) is 0 Å². The maximum absolute atomic E-state index is 11.6. The molecule has 1 aromatic rings. The van der Waals surface area contributed by atoms with Crippen molar-refractivity contribution in [1.29, 1.82) is 0 Å². The first-order chi connectivity index (χ1) is 8.97. The van der Waals surface area contributed by atoms with Crippen LogP contribution in [0.25, 0.3) is 0 Å². The van der Waals surface area contributed by atoms with Crippen molar-refractivity contribution in [1.82, 2.24) is 5.32 Å². The zero-order valence-corrected chi connectivity index (χ0v) is 11.8. The average Bonchev–Trinajstić information content (AvgIpc) is 2.32. The molecule has 1 aromatic carbocycles. The topological polar surface area (TPSA) is 58.2 Å². The van der Waals surface area contributed by atoms with Crippen LogP contribution in [0.15, 0.2) is 18.2 Å². The van der Waals surface area contributed by atoms with Crippen LogP contribution in [0.3, 0.4) is 0 Å². The van der Waals surface area contributed by atoms with E-state index in [0.29, 0.717) is 23.8 Å². The second-order valence-corrected chi connectivity index (χ2v) is 5.45. The van der Waals surface area contributed by atoms with Gasteiger partial charge in [-0.1, -0.05) is 31.5 Å². The van der Waals surface area contributed by atoms with Crippen LogP contribution in [0.2, 0.25) is 5.02 Å². The average molecular weight is 281 g/mol. The van der Waals surface area contributed by atoms with Gasteiger partial charge in [0, 0.05) is 17.1 Å². The van der Waals surface area contributed by atoms with Gasteiger partial charge in [0.05, 0.1) is 0 Å². The molecular formula is C14H17ClN2O2. The lowest BCUT2D eigenvalue weighted by Gasteiger charge is -2.23. The standard InChI is InChI=1S/C14H17ClN2O2/c1-8(2)10-4-3-9(7-11(10)15)16-12-5-6-13(18)17-14(12)19/h3-4,7-8,12,16H,5-6H2,1-2H3,(H,17,18,19)/t12-/m1/s1. The van der Waals surface area contributed by atoms with E-state index in [-0.39, 0.29) is 17.9 Å². The summed E-state index contributed by atoms with van der Waals surface area (Å²) >= 11 is 6.21. The van der Waals surface area contributed by atoms with E-state index in [9.17, 15) is 9.59 Å². The molecule has 0 bridgehead atoms. The second kappa shape index (κ2) is 5.61. The van der Waals surface area contributed by atoms with E-state index in [0.717, 1.165) is 11.3 Å². The van der Waals surface area contributed by atoms with E-state index in [1.54, 1.807) is 0 Å². The van der Waals surface area contributed by atoms with Crippen molar-refractivity contribution in [2.45, 2.75) is 38.6 Å². The number of carbonyl (C=O) groups excluding carboxylic acids is 2. The number of hydrogen-bond acceptors (Lipinski definition) is 3. The zero-order valence-electron chi connectivity index (χ0n) is 11.0. The Bertz CT molecular complexity index is 514. The summed E-state index contributed by atoms with van der Waals surface area (Å²) < 4.78 is 0. The Labute approximate surface area is 117 Å². The molecule has 4 nitrogen and oxygen atoms in total. The second-order valence-electron chi connectivity index (χ2n) is 5.04. The Balaban J connectivity index is 2.09. The molecule has 0 unspecified atom stereocenters. The maximum Gasteiger partial charge on any atom is 0.249 e. The molecule has 1 aliphatic heterocycles. The minimum Gasteiger partial charge on any atom is -0.374 e. The van der Waals surface area contributed by atoms with Crippen LogP contribution in [-0.2, 0) is 9.59 Å². The molecule has 1 atom stereocenters. The van der Waals surface area contributed by atoms with Gasteiger partial charge in [-0.25, -0.2) is 0 Å². The fourth-order valence-electron chi connectivity index (χ4n) is 2.12. The first-order valence-electron chi connectivity index (χ1n) is 6.37. The number of nitrogens with one attached hydrogen (secondary N) is 2. The van der Waals surface area contributed by atoms with Crippen LogP contribution in [0, 0.1) is 0 Å². The summed E-state index contributed by atoms with van der Waals surface area (Å²) in [6.07, 6.45) is 0.870. The first kappa shape index (κ1) is 13.9. The van der Waals surface area contributed by atoms with Gasteiger partial charge in [0.1, 0.15) is 6.04 Å². The lowest BCUT2D eigenvalue weighted by atomic mass is 10.0. The number of hydrogen-bond donors (Lipinski definition) is 2. The number of benzene rings is 1. The quantitative estimate of drug-likeness (QED) is 0.837. The third-order valence-electron chi connectivity index (χ3n) is 3.20. The van der Waals surface area contributed by atoms with Gasteiger partial charge in [0.15, 0.2) is 0 Å². The molecule has 1 fully saturated rings. The Kier molecular flexibility index (Phi) is 4.10. The lowest BCUT2D eigenvalue weighted by Crippen LogP contribution is -2.47. The van der Waals surface area contributed by atoms with Gasteiger partial charge in [0.25, 0.3) is 0 Å². The summed E-state index contributed by atoms with van der Waals surface area (Å²) in [6, 6.07) is 5.31.